The zero-order valence-corrected chi connectivity index (χ0v) is 15.8. The van der Waals surface area contributed by atoms with Crippen LogP contribution in [0.2, 0.25) is 0 Å². The van der Waals surface area contributed by atoms with Gasteiger partial charge in [0.2, 0.25) is 5.91 Å². The Bertz CT molecular complexity index is 990. The number of aromatic nitrogens is 3. The lowest BCUT2D eigenvalue weighted by Gasteiger charge is -2.12. The second-order valence-electron chi connectivity index (χ2n) is 6.11. The molecule has 0 spiro atoms. The predicted molar refractivity (Wildman–Crippen MR) is 101 cm³/mol. The molecule has 1 unspecified atom stereocenters. The van der Waals surface area contributed by atoms with Crippen LogP contribution in [0.4, 0.5) is 14.5 Å². The summed E-state index contributed by atoms with van der Waals surface area (Å²) < 4.78 is 28.7. The highest BCUT2D eigenvalue weighted by molar-refractivity contribution is 8.00. The molecule has 1 amide bonds. The largest absolute Gasteiger partial charge is 0.323 e. The molecule has 0 aliphatic heterocycles. The van der Waals surface area contributed by atoms with Gasteiger partial charge in [-0.2, -0.15) is 0 Å². The average molecular weight is 388 g/mol. The Morgan fingerprint density at radius 3 is 2.70 bits per heavy atom. The van der Waals surface area contributed by atoms with Crippen LogP contribution in [0.3, 0.4) is 0 Å². The first-order valence-electron chi connectivity index (χ1n) is 8.24. The molecule has 0 aliphatic rings. The van der Waals surface area contributed by atoms with Crippen LogP contribution >= 0.6 is 11.8 Å². The van der Waals surface area contributed by atoms with Gasteiger partial charge in [0.25, 0.3) is 0 Å². The van der Waals surface area contributed by atoms with Gasteiger partial charge in [-0.1, -0.05) is 35.5 Å². The highest BCUT2D eigenvalue weighted by Gasteiger charge is 2.20. The summed E-state index contributed by atoms with van der Waals surface area (Å²) in [5, 5.41) is 10.7. The second-order valence-corrected chi connectivity index (χ2v) is 7.42. The quantitative estimate of drug-likeness (QED) is 0.666. The lowest BCUT2D eigenvalue weighted by molar-refractivity contribution is -0.115. The SMILES string of the molecule is Cc1cccc(-c2nnc(SC(C)C(=O)Nc3cc(F)ccc3F)n2C)c1. The van der Waals surface area contributed by atoms with Crippen molar-refractivity contribution in [3.8, 4) is 11.4 Å². The van der Waals surface area contributed by atoms with Crippen molar-refractivity contribution in [3.05, 3.63) is 59.7 Å². The van der Waals surface area contributed by atoms with Crippen molar-refractivity contribution in [3.63, 3.8) is 0 Å². The first kappa shape index (κ1) is 19.0. The molecule has 0 aliphatic carbocycles. The summed E-state index contributed by atoms with van der Waals surface area (Å²) in [7, 11) is 1.82. The number of hydrogen-bond donors (Lipinski definition) is 1. The average Bonchev–Trinajstić information content (AvgIpc) is 2.98. The summed E-state index contributed by atoms with van der Waals surface area (Å²) >= 11 is 1.19. The number of carbonyl (C=O) groups is 1. The van der Waals surface area contributed by atoms with Crippen LogP contribution < -0.4 is 5.32 Å². The van der Waals surface area contributed by atoms with Crippen molar-refractivity contribution >= 4 is 23.4 Å². The summed E-state index contributed by atoms with van der Waals surface area (Å²) in [4.78, 5) is 12.3. The Hall–Kier alpha value is -2.74. The number of amides is 1. The van der Waals surface area contributed by atoms with Crippen LogP contribution in [0.5, 0.6) is 0 Å². The molecule has 2 aromatic carbocycles. The van der Waals surface area contributed by atoms with E-state index in [1.165, 1.54) is 11.8 Å². The highest BCUT2D eigenvalue weighted by atomic mass is 32.2. The molecule has 5 nitrogen and oxygen atoms in total. The lowest BCUT2D eigenvalue weighted by atomic mass is 10.1. The van der Waals surface area contributed by atoms with E-state index < -0.39 is 22.8 Å². The molecule has 0 radical (unpaired) electrons. The van der Waals surface area contributed by atoms with Crippen LogP contribution in [0.15, 0.2) is 47.6 Å². The number of nitrogens with zero attached hydrogens (tertiary/aromatic N) is 3. The molecule has 0 saturated heterocycles. The van der Waals surface area contributed by atoms with Crippen LogP contribution in [0, 0.1) is 18.6 Å². The van der Waals surface area contributed by atoms with E-state index in [4.69, 9.17) is 0 Å². The van der Waals surface area contributed by atoms with Gasteiger partial charge in [0, 0.05) is 18.7 Å². The number of carbonyl (C=O) groups excluding carboxylic acids is 1. The van der Waals surface area contributed by atoms with Gasteiger partial charge in [0.1, 0.15) is 11.6 Å². The van der Waals surface area contributed by atoms with Crippen molar-refractivity contribution in [2.75, 3.05) is 5.32 Å². The summed E-state index contributed by atoms with van der Waals surface area (Å²) in [5.41, 5.74) is 1.84. The van der Waals surface area contributed by atoms with E-state index in [0.29, 0.717) is 11.0 Å². The molecule has 8 heteroatoms. The zero-order chi connectivity index (χ0) is 19.6. The topological polar surface area (TPSA) is 59.8 Å². The fourth-order valence-electron chi connectivity index (χ4n) is 2.49. The minimum Gasteiger partial charge on any atom is -0.323 e. The normalized spacial score (nSPS) is 12.0. The molecule has 1 heterocycles. The van der Waals surface area contributed by atoms with Crippen molar-refractivity contribution in [2.45, 2.75) is 24.3 Å². The maximum atomic E-state index is 13.7. The van der Waals surface area contributed by atoms with Crippen molar-refractivity contribution < 1.29 is 13.6 Å². The fraction of sp³-hybridized carbons (Fsp3) is 0.211. The molecule has 27 heavy (non-hydrogen) atoms. The van der Waals surface area contributed by atoms with E-state index in [1.807, 2.05) is 38.2 Å². The number of rotatable bonds is 5. The predicted octanol–water partition coefficient (Wildman–Crippen LogP) is 4.19. The monoisotopic (exact) mass is 388 g/mol. The summed E-state index contributed by atoms with van der Waals surface area (Å²) in [5.74, 6) is -1.08. The Morgan fingerprint density at radius 1 is 1.19 bits per heavy atom. The molecule has 1 atom stereocenters. The van der Waals surface area contributed by atoms with Gasteiger partial charge in [-0.3, -0.25) is 4.79 Å². The van der Waals surface area contributed by atoms with E-state index in [2.05, 4.69) is 15.5 Å². The molecule has 0 fully saturated rings. The Morgan fingerprint density at radius 2 is 1.96 bits per heavy atom. The number of hydrogen-bond acceptors (Lipinski definition) is 4. The van der Waals surface area contributed by atoms with E-state index in [9.17, 15) is 13.6 Å². The van der Waals surface area contributed by atoms with Crippen molar-refractivity contribution in [1.82, 2.24) is 14.8 Å². The van der Waals surface area contributed by atoms with E-state index in [1.54, 1.807) is 11.5 Å². The highest BCUT2D eigenvalue weighted by Crippen LogP contribution is 2.27. The molecule has 0 saturated carbocycles. The Kier molecular flexibility index (Phi) is 5.55. The number of anilines is 1. The molecule has 0 bridgehead atoms. The van der Waals surface area contributed by atoms with Crippen LogP contribution in [-0.4, -0.2) is 25.9 Å². The zero-order valence-electron chi connectivity index (χ0n) is 15.0. The van der Waals surface area contributed by atoms with E-state index in [0.717, 1.165) is 29.3 Å². The first-order chi connectivity index (χ1) is 12.8. The van der Waals surface area contributed by atoms with Gasteiger partial charge in [-0.15, -0.1) is 10.2 Å². The maximum Gasteiger partial charge on any atom is 0.237 e. The molecule has 140 valence electrons. The molecule has 1 aromatic heterocycles. The van der Waals surface area contributed by atoms with E-state index >= 15 is 0 Å². The number of nitrogens with one attached hydrogen (secondary N) is 1. The van der Waals surface area contributed by atoms with Gasteiger partial charge < -0.3 is 9.88 Å². The maximum absolute atomic E-state index is 13.7. The van der Waals surface area contributed by atoms with Gasteiger partial charge in [0.05, 0.1) is 10.9 Å². The van der Waals surface area contributed by atoms with Gasteiger partial charge >= 0.3 is 0 Å². The number of benzene rings is 2. The van der Waals surface area contributed by atoms with E-state index in [-0.39, 0.29) is 5.69 Å². The van der Waals surface area contributed by atoms with Crippen molar-refractivity contribution in [1.29, 1.82) is 0 Å². The third kappa shape index (κ3) is 4.33. The smallest absolute Gasteiger partial charge is 0.237 e. The molecule has 3 aromatic rings. The van der Waals surface area contributed by atoms with Crippen LogP contribution in [0.1, 0.15) is 12.5 Å². The summed E-state index contributed by atoms with van der Waals surface area (Å²) in [6, 6.07) is 10.8. The minimum absolute atomic E-state index is 0.189. The standard InChI is InChI=1S/C19H18F2N4OS/c1-11-5-4-6-13(9-11)17-23-24-19(25(17)3)27-12(2)18(26)22-16-10-14(20)7-8-15(16)21/h4-10,12H,1-3H3,(H,22,26). The second kappa shape index (κ2) is 7.87. The Labute approximate surface area is 159 Å². The van der Waals surface area contributed by atoms with Crippen LogP contribution in [0.25, 0.3) is 11.4 Å². The number of thioether (sulfide) groups is 1. The molecular formula is C19H18F2N4OS. The lowest BCUT2D eigenvalue weighted by Crippen LogP contribution is -2.23. The van der Waals surface area contributed by atoms with Gasteiger partial charge in [-0.05, 0) is 32.0 Å². The third-order valence-electron chi connectivity index (χ3n) is 3.95. The third-order valence-corrected chi connectivity index (χ3v) is 5.08. The van der Waals surface area contributed by atoms with Gasteiger partial charge in [-0.25, -0.2) is 8.78 Å². The van der Waals surface area contributed by atoms with Crippen molar-refractivity contribution in [2.24, 2.45) is 7.05 Å². The van der Waals surface area contributed by atoms with Gasteiger partial charge in [0.15, 0.2) is 11.0 Å². The molecular weight excluding hydrogens is 370 g/mol. The molecule has 1 N–H and O–H groups in total. The Balaban J connectivity index is 1.73. The summed E-state index contributed by atoms with van der Waals surface area (Å²) in [6.07, 6.45) is 0. The first-order valence-corrected chi connectivity index (χ1v) is 9.12. The molecule has 3 rings (SSSR count). The number of aryl methyl sites for hydroxylation is 1. The minimum atomic E-state index is -0.692. The number of halogens is 2. The summed E-state index contributed by atoms with van der Waals surface area (Å²) in [6.45, 7) is 3.66. The van der Waals surface area contributed by atoms with Crippen LogP contribution in [-0.2, 0) is 11.8 Å². The fourth-order valence-corrected chi connectivity index (χ4v) is 3.31.